The van der Waals surface area contributed by atoms with E-state index in [2.05, 4.69) is 5.32 Å². The summed E-state index contributed by atoms with van der Waals surface area (Å²) in [4.78, 5) is 35.7. The Morgan fingerprint density at radius 3 is 2.60 bits per heavy atom. The Kier molecular flexibility index (Phi) is 5.94. The maximum atomic E-state index is 11.8. The molecule has 0 aliphatic carbocycles. The second kappa shape index (κ2) is 7.23. The number of carboxylic acids is 1. The first-order chi connectivity index (χ1) is 9.33. The van der Waals surface area contributed by atoms with Crippen molar-refractivity contribution >= 4 is 17.8 Å². The third-order valence-corrected chi connectivity index (χ3v) is 3.35. The maximum Gasteiger partial charge on any atom is 0.337 e. The third kappa shape index (κ3) is 5.16. The molecule has 1 saturated heterocycles. The summed E-state index contributed by atoms with van der Waals surface area (Å²) in [7, 11) is 0. The fourth-order valence-corrected chi connectivity index (χ4v) is 1.96. The number of hydrogen-bond donors (Lipinski definition) is 3. The standard InChI is InChI=1S/C13H22N2O5/c1-13(20,12(18)19)9-14-10(16)8-15-7-5-3-2-4-6-11(15)17/h20H,2-9H2,1H3,(H,14,16)(H,18,19). The summed E-state index contributed by atoms with van der Waals surface area (Å²) in [6.45, 7) is 1.18. The highest BCUT2D eigenvalue weighted by molar-refractivity contribution is 5.85. The summed E-state index contributed by atoms with van der Waals surface area (Å²) in [5.41, 5.74) is -2.00. The number of carbonyl (C=O) groups excluding carboxylic acids is 2. The monoisotopic (exact) mass is 286 g/mol. The summed E-state index contributed by atoms with van der Waals surface area (Å²) in [6, 6.07) is 0. The van der Waals surface area contributed by atoms with Crippen molar-refractivity contribution in [3.05, 3.63) is 0 Å². The number of amides is 2. The maximum absolute atomic E-state index is 11.8. The highest BCUT2D eigenvalue weighted by Crippen LogP contribution is 2.11. The molecule has 0 saturated carbocycles. The van der Waals surface area contributed by atoms with Crippen molar-refractivity contribution < 1.29 is 24.6 Å². The number of nitrogens with zero attached hydrogens (tertiary/aromatic N) is 1. The van der Waals surface area contributed by atoms with E-state index in [0.29, 0.717) is 13.0 Å². The fraction of sp³-hybridized carbons (Fsp3) is 0.769. The molecule has 0 aromatic heterocycles. The van der Waals surface area contributed by atoms with E-state index >= 15 is 0 Å². The molecule has 3 N–H and O–H groups in total. The molecule has 0 aromatic rings. The molecule has 1 fully saturated rings. The minimum atomic E-state index is -2.00. The van der Waals surface area contributed by atoms with Crippen LogP contribution in [0.1, 0.15) is 39.0 Å². The van der Waals surface area contributed by atoms with Crippen molar-refractivity contribution in [1.29, 1.82) is 0 Å². The summed E-state index contributed by atoms with van der Waals surface area (Å²) in [5, 5.41) is 20.6. The van der Waals surface area contributed by atoms with E-state index in [1.807, 2.05) is 0 Å². The van der Waals surface area contributed by atoms with E-state index in [-0.39, 0.29) is 19.0 Å². The van der Waals surface area contributed by atoms with Crippen LogP contribution in [0.5, 0.6) is 0 Å². The van der Waals surface area contributed by atoms with Crippen molar-refractivity contribution in [2.45, 2.75) is 44.6 Å². The van der Waals surface area contributed by atoms with Gasteiger partial charge in [-0.15, -0.1) is 0 Å². The third-order valence-electron chi connectivity index (χ3n) is 3.35. The van der Waals surface area contributed by atoms with Gasteiger partial charge in [0.05, 0.1) is 13.1 Å². The van der Waals surface area contributed by atoms with E-state index in [0.717, 1.165) is 32.6 Å². The van der Waals surface area contributed by atoms with E-state index < -0.39 is 17.5 Å². The van der Waals surface area contributed by atoms with E-state index in [9.17, 15) is 19.5 Å². The number of nitrogens with one attached hydrogen (secondary N) is 1. The highest BCUT2D eigenvalue weighted by Gasteiger charge is 2.30. The molecule has 20 heavy (non-hydrogen) atoms. The molecule has 7 nitrogen and oxygen atoms in total. The number of hydrogen-bond acceptors (Lipinski definition) is 4. The zero-order chi connectivity index (χ0) is 15.2. The van der Waals surface area contributed by atoms with Gasteiger partial charge in [-0.1, -0.05) is 12.8 Å². The van der Waals surface area contributed by atoms with Gasteiger partial charge in [0.25, 0.3) is 0 Å². The van der Waals surface area contributed by atoms with Crippen LogP contribution in [0.4, 0.5) is 0 Å². The Bertz CT molecular complexity index is 381. The molecule has 1 rings (SSSR count). The van der Waals surface area contributed by atoms with Gasteiger partial charge in [0.15, 0.2) is 5.60 Å². The molecular weight excluding hydrogens is 264 g/mol. The molecule has 1 atom stereocenters. The fourth-order valence-electron chi connectivity index (χ4n) is 1.96. The summed E-state index contributed by atoms with van der Waals surface area (Å²) in [5.74, 6) is -1.91. The van der Waals surface area contributed by atoms with Crippen LogP contribution in [0.2, 0.25) is 0 Å². The van der Waals surface area contributed by atoms with E-state index in [4.69, 9.17) is 5.11 Å². The SMILES string of the molecule is CC(O)(CNC(=O)CN1CCCCCCC1=O)C(=O)O. The van der Waals surface area contributed by atoms with Gasteiger partial charge in [0, 0.05) is 13.0 Å². The molecule has 1 heterocycles. The van der Waals surface area contributed by atoms with Crippen LogP contribution in [-0.2, 0) is 14.4 Å². The summed E-state index contributed by atoms with van der Waals surface area (Å²) >= 11 is 0. The lowest BCUT2D eigenvalue weighted by Crippen LogP contribution is -2.49. The average molecular weight is 286 g/mol. The minimum absolute atomic E-state index is 0.0511. The Morgan fingerprint density at radius 1 is 1.30 bits per heavy atom. The molecule has 7 heteroatoms. The van der Waals surface area contributed by atoms with Crippen LogP contribution in [0.3, 0.4) is 0 Å². The lowest BCUT2D eigenvalue weighted by atomic mass is 10.1. The zero-order valence-corrected chi connectivity index (χ0v) is 11.7. The summed E-state index contributed by atoms with van der Waals surface area (Å²) in [6.07, 6.45) is 4.23. The Labute approximate surface area is 117 Å². The number of carbonyl (C=O) groups is 3. The predicted molar refractivity (Wildman–Crippen MR) is 70.9 cm³/mol. The van der Waals surface area contributed by atoms with Gasteiger partial charge < -0.3 is 20.4 Å². The number of carboxylic acid groups (broad SMARTS) is 1. The topological polar surface area (TPSA) is 107 Å². The molecular formula is C13H22N2O5. The van der Waals surface area contributed by atoms with Gasteiger partial charge in [-0.3, -0.25) is 9.59 Å². The van der Waals surface area contributed by atoms with Crippen molar-refractivity contribution in [1.82, 2.24) is 10.2 Å². The molecule has 114 valence electrons. The predicted octanol–water partition coefficient (Wildman–Crippen LogP) is -0.269. The number of rotatable bonds is 5. The molecule has 0 bridgehead atoms. The van der Waals surface area contributed by atoms with Crippen LogP contribution in [0.25, 0.3) is 0 Å². The normalized spacial score (nSPS) is 19.7. The molecule has 1 aliphatic heterocycles. The van der Waals surface area contributed by atoms with Crippen LogP contribution in [0, 0.1) is 0 Å². The lowest BCUT2D eigenvalue weighted by molar-refractivity contribution is -0.156. The van der Waals surface area contributed by atoms with Gasteiger partial charge in [-0.05, 0) is 19.8 Å². The number of likely N-dealkylation sites (tertiary alicyclic amines) is 1. The second-order valence-corrected chi connectivity index (χ2v) is 5.34. The van der Waals surface area contributed by atoms with E-state index in [1.165, 1.54) is 4.90 Å². The Morgan fingerprint density at radius 2 is 1.95 bits per heavy atom. The van der Waals surface area contributed by atoms with Gasteiger partial charge in [0.2, 0.25) is 11.8 Å². The number of aliphatic carboxylic acids is 1. The second-order valence-electron chi connectivity index (χ2n) is 5.34. The van der Waals surface area contributed by atoms with Gasteiger partial charge in [0.1, 0.15) is 0 Å². The van der Waals surface area contributed by atoms with Crippen molar-refractivity contribution in [2.75, 3.05) is 19.6 Å². The molecule has 1 aliphatic rings. The highest BCUT2D eigenvalue weighted by atomic mass is 16.4. The average Bonchev–Trinajstić information content (AvgIpc) is 2.36. The Balaban J connectivity index is 2.44. The molecule has 0 radical (unpaired) electrons. The zero-order valence-electron chi connectivity index (χ0n) is 11.7. The first-order valence-electron chi connectivity index (χ1n) is 6.83. The first-order valence-corrected chi connectivity index (χ1v) is 6.83. The number of aliphatic hydroxyl groups is 1. The molecule has 0 aromatic carbocycles. The Hall–Kier alpha value is -1.63. The van der Waals surface area contributed by atoms with Gasteiger partial charge in [-0.2, -0.15) is 0 Å². The van der Waals surface area contributed by atoms with E-state index in [1.54, 1.807) is 0 Å². The molecule has 0 spiro atoms. The van der Waals surface area contributed by atoms with Crippen molar-refractivity contribution in [3.8, 4) is 0 Å². The van der Waals surface area contributed by atoms with Gasteiger partial charge >= 0.3 is 5.97 Å². The smallest absolute Gasteiger partial charge is 0.337 e. The van der Waals surface area contributed by atoms with Crippen LogP contribution < -0.4 is 5.32 Å². The van der Waals surface area contributed by atoms with Crippen LogP contribution in [-0.4, -0.2) is 58.1 Å². The lowest BCUT2D eigenvalue weighted by Gasteiger charge is -2.25. The minimum Gasteiger partial charge on any atom is -0.479 e. The van der Waals surface area contributed by atoms with Crippen molar-refractivity contribution in [2.24, 2.45) is 0 Å². The molecule has 1 unspecified atom stereocenters. The first kappa shape index (κ1) is 16.4. The van der Waals surface area contributed by atoms with Crippen LogP contribution in [0.15, 0.2) is 0 Å². The quantitative estimate of drug-likeness (QED) is 0.645. The van der Waals surface area contributed by atoms with Crippen molar-refractivity contribution in [3.63, 3.8) is 0 Å². The van der Waals surface area contributed by atoms with Crippen LogP contribution >= 0.6 is 0 Å². The largest absolute Gasteiger partial charge is 0.479 e. The van der Waals surface area contributed by atoms with Gasteiger partial charge in [-0.25, -0.2) is 4.79 Å². The molecule has 2 amide bonds. The summed E-state index contributed by atoms with van der Waals surface area (Å²) < 4.78 is 0.